The van der Waals surface area contributed by atoms with Crippen molar-refractivity contribution >= 4 is 27.2 Å². The standard InChI is InChI=1S/C14H11BrN2O2/c15-10-8-12-14(16-9-10)17-13(19-12)6-7-18-11-4-2-1-3-5-11/h1-5,8-9H,6-7H2. The van der Waals surface area contributed by atoms with E-state index in [1.54, 1.807) is 6.20 Å². The Labute approximate surface area is 118 Å². The van der Waals surface area contributed by atoms with Crippen LogP contribution in [0.3, 0.4) is 0 Å². The topological polar surface area (TPSA) is 48.2 Å². The molecule has 96 valence electrons. The van der Waals surface area contributed by atoms with Gasteiger partial charge in [-0.3, -0.25) is 0 Å². The quantitative estimate of drug-likeness (QED) is 0.737. The molecule has 0 atom stereocenters. The number of halogens is 1. The zero-order valence-corrected chi connectivity index (χ0v) is 11.6. The van der Waals surface area contributed by atoms with Gasteiger partial charge in [-0.2, -0.15) is 4.98 Å². The highest BCUT2D eigenvalue weighted by Crippen LogP contribution is 2.18. The average molecular weight is 319 g/mol. The van der Waals surface area contributed by atoms with Crippen LogP contribution in [0.2, 0.25) is 0 Å². The maximum absolute atomic E-state index is 5.60. The van der Waals surface area contributed by atoms with Gasteiger partial charge in [0.25, 0.3) is 0 Å². The van der Waals surface area contributed by atoms with Crippen LogP contribution in [0.5, 0.6) is 5.75 Å². The van der Waals surface area contributed by atoms with Crippen molar-refractivity contribution < 1.29 is 9.15 Å². The third kappa shape index (κ3) is 2.93. The molecule has 0 bridgehead atoms. The summed E-state index contributed by atoms with van der Waals surface area (Å²) in [6.07, 6.45) is 2.32. The van der Waals surface area contributed by atoms with Crippen molar-refractivity contribution in [2.45, 2.75) is 6.42 Å². The molecule has 0 aliphatic heterocycles. The minimum absolute atomic E-state index is 0.526. The summed E-state index contributed by atoms with van der Waals surface area (Å²) < 4.78 is 12.1. The van der Waals surface area contributed by atoms with Gasteiger partial charge in [0, 0.05) is 16.7 Å². The smallest absolute Gasteiger partial charge is 0.200 e. The van der Waals surface area contributed by atoms with Crippen molar-refractivity contribution in [3.05, 3.63) is 53.0 Å². The fraction of sp³-hybridized carbons (Fsp3) is 0.143. The molecule has 0 spiro atoms. The van der Waals surface area contributed by atoms with Gasteiger partial charge < -0.3 is 9.15 Å². The lowest BCUT2D eigenvalue weighted by Gasteiger charge is -2.03. The van der Waals surface area contributed by atoms with Crippen LogP contribution in [0, 0.1) is 0 Å². The number of aromatic nitrogens is 2. The van der Waals surface area contributed by atoms with Crippen molar-refractivity contribution in [2.75, 3.05) is 6.61 Å². The molecular weight excluding hydrogens is 308 g/mol. The molecule has 0 radical (unpaired) electrons. The molecular formula is C14H11BrN2O2. The number of hydrogen-bond acceptors (Lipinski definition) is 4. The van der Waals surface area contributed by atoms with Crippen LogP contribution in [0.4, 0.5) is 0 Å². The Kier molecular flexibility index (Phi) is 3.46. The first-order valence-corrected chi connectivity index (χ1v) is 6.69. The van der Waals surface area contributed by atoms with Gasteiger partial charge in [-0.15, -0.1) is 0 Å². The van der Waals surface area contributed by atoms with Gasteiger partial charge in [-0.05, 0) is 28.1 Å². The van der Waals surface area contributed by atoms with Gasteiger partial charge in [0.2, 0.25) is 0 Å². The number of ether oxygens (including phenoxy) is 1. The monoisotopic (exact) mass is 318 g/mol. The van der Waals surface area contributed by atoms with Crippen LogP contribution < -0.4 is 4.74 Å². The van der Waals surface area contributed by atoms with Crippen LogP contribution in [-0.4, -0.2) is 16.6 Å². The summed E-state index contributed by atoms with van der Waals surface area (Å²) in [4.78, 5) is 8.48. The zero-order chi connectivity index (χ0) is 13.1. The number of oxazole rings is 1. The predicted octanol–water partition coefficient (Wildman–Crippen LogP) is 3.61. The maximum atomic E-state index is 5.60. The summed E-state index contributed by atoms with van der Waals surface area (Å²) in [5, 5.41) is 0. The number of para-hydroxylation sites is 1. The van der Waals surface area contributed by atoms with Crippen molar-refractivity contribution in [2.24, 2.45) is 0 Å². The lowest BCUT2D eigenvalue weighted by molar-refractivity contribution is 0.308. The Balaban J connectivity index is 1.65. The van der Waals surface area contributed by atoms with E-state index in [4.69, 9.17) is 9.15 Å². The normalized spacial score (nSPS) is 10.8. The highest BCUT2D eigenvalue weighted by Gasteiger charge is 2.07. The van der Waals surface area contributed by atoms with Crippen molar-refractivity contribution in [3.63, 3.8) is 0 Å². The van der Waals surface area contributed by atoms with E-state index in [1.807, 2.05) is 36.4 Å². The summed E-state index contributed by atoms with van der Waals surface area (Å²) in [6.45, 7) is 0.526. The molecule has 1 aromatic carbocycles. The molecule has 0 unspecified atom stereocenters. The highest BCUT2D eigenvalue weighted by molar-refractivity contribution is 9.10. The van der Waals surface area contributed by atoms with E-state index in [-0.39, 0.29) is 0 Å². The third-order valence-electron chi connectivity index (χ3n) is 2.59. The van der Waals surface area contributed by atoms with Gasteiger partial charge in [-0.1, -0.05) is 18.2 Å². The first-order chi connectivity index (χ1) is 9.31. The van der Waals surface area contributed by atoms with Gasteiger partial charge >= 0.3 is 0 Å². The van der Waals surface area contributed by atoms with Crippen LogP contribution in [0.25, 0.3) is 11.2 Å². The Morgan fingerprint density at radius 1 is 1.21 bits per heavy atom. The van der Waals surface area contributed by atoms with Crippen molar-refractivity contribution in [1.82, 2.24) is 9.97 Å². The molecule has 3 aromatic rings. The third-order valence-corrected chi connectivity index (χ3v) is 3.02. The van der Waals surface area contributed by atoms with Crippen LogP contribution >= 0.6 is 15.9 Å². The second kappa shape index (κ2) is 5.40. The molecule has 0 saturated heterocycles. The zero-order valence-electron chi connectivity index (χ0n) is 10.0. The number of hydrogen-bond donors (Lipinski definition) is 0. The van der Waals surface area contributed by atoms with Crippen LogP contribution in [0.15, 0.2) is 51.5 Å². The molecule has 0 N–H and O–H groups in total. The molecule has 2 aromatic heterocycles. The van der Waals surface area contributed by atoms with Crippen molar-refractivity contribution in [1.29, 1.82) is 0 Å². The van der Waals surface area contributed by atoms with Crippen molar-refractivity contribution in [3.8, 4) is 5.75 Å². The molecule has 3 rings (SSSR count). The minimum Gasteiger partial charge on any atom is -0.493 e. The van der Waals surface area contributed by atoms with Gasteiger partial charge in [-0.25, -0.2) is 4.98 Å². The van der Waals surface area contributed by atoms with Gasteiger partial charge in [0.15, 0.2) is 17.1 Å². The van der Waals surface area contributed by atoms with Crippen LogP contribution in [0.1, 0.15) is 5.89 Å². The van der Waals surface area contributed by atoms with E-state index in [9.17, 15) is 0 Å². The Morgan fingerprint density at radius 3 is 2.89 bits per heavy atom. The van der Waals surface area contributed by atoms with E-state index in [0.717, 1.165) is 10.2 Å². The van der Waals surface area contributed by atoms with Gasteiger partial charge in [0.1, 0.15) is 5.75 Å². The Bertz CT molecular complexity index is 682. The molecule has 0 amide bonds. The first-order valence-electron chi connectivity index (χ1n) is 5.90. The minimum atomic E-state index is 0.526. The van der Waals surface area contributed by atoms with E-state index < -0.39 is 0 Å². The summed E-state index contributed by atoms with van der Waals surface area (Å²) in [7, 11) is 0. The number of nitrogens with zero attached hydrogens (tertiary/aromatic N) is 2. The fourth-order valence-electron chi connectivity index (χ4n) is 1.72. The molecule has 0 fully saturated rings. The summed E-state index contributed by atoms with van der Waals surface area (Å²) in [6, 6.07) is 11.5. The summed E-state index contributed by atoms with van der Waals surface area (Å²) in [5.41, 5.74) is 1.31. The summed E-state index contributed by atoms with van der Waals surface area (Å²) in [5.74, 6) is 1.48. The Morgan fingerprint density at radius 2 is 2.05 bits per heavy atom. The summed E-state index contributed by atoms with van der Waals surface area (Å²) >= 11 is 3.35. The van der Waals surface area contributed by atoms with E-state index in [0.29, 0.717) is 30.1 Å². The first kappa shape index (κ1) is 12.2. The fourth-order valence-corrected chi connectivity index (χ4v) is 2.03. The van der Waals surface area contributed by atoms with E-state index in [1.165, 1.54) is 0 Å². The number of rotatable bonds is 4. The maximum Gasteiger partial charge on any atom is 0.200 e. The molecule has 2 heterocycles. The molecule has 0 saturated carbocycles. The largest absolute Gasteiger partial charge is 0.493 e. The molecule has 5 heteroatoms. The lowest BCUT2D eigenvalue weighted by Crippen LogP contribution is -2.01. The molecule has 0 aliphatic rings. The molecule has 19 heavy (non-hydrogen) atoms. The second-order valence-corrected chi connectivity index (χ2v) is 4.91. The van der Waals surface area contributed by atoms with Gasteiger partial charge in [0.05, 0.1) is 13.0 Å². The Hall–Kier alpha value is -1.88. The molecule has 4 nitrogen and oxygen atoms in total. The number of fused-ring (bicyclic) bond motifs is 1. The van der Waals surface area contributed by atoms with E-state index in [2.05, 4.69) is 25.9 Å². The highest BCUT2D eigenvalue weighted by atomic mass is 79.9. The van der Waals surface area contributed by atoms with E-state index >= 15 is 0 Å². The average Bonchev–Trinajstić information content (AvgIpc) is 2.82. The molecule has 0 aliphatic carbocycles. The number of pyridine rings is 1. The number of benzene rings is 1. The van der Waals surface area contributed by atoms with Crippen LogP contribution in [-0.2, 0) is 6.42 Å². The lowest BCUT2D eigenvalue weighted by atomic mass is 10.3. The predicted molar refractivity (Wildman–Crippen MR) is 75.1 cm³/mol. The second-order valence-electron chi connectivity index (χ2n) is 3.99. The SMILES string of the molecule is Brc1cnc2nc(CCOc3ccccc3)oc2c1.